The van der Waals surface area contributed by atoms with Crippen LogP contribution in [0.25, 0.3) is 0 Å². The van der Waals surface area contributed by atoms with Gasteiger partial charge in [0.05, 0.1) is 34.4 Å². The minimum Gasteiger partial charge on any atom is -0.477 e. The number of esters is 2. The molecule has 0 bridgehead atoms. The van der Waals surface area contributed by atoms with Crippen LogP contribution in [-0.2, 0) is 28.6 Å². The van der Waals surface area contributed by atoms with E-state index in [9.17, 15) is 19.5 Å². The second-order valence-corrected chi connectivity index (χ2v) is 17.4. The Balaban J connectivity index is 4.32. The van der Waals surface area contributed by atoms with E-state index in [0.29, 0.717) is 19.3 Å². The molecule has 8 nitrogen and oxygen atoms in total. The number of unbranched alkanes of at least 4 members (excludes halogenated alkanes) is 25. The van der Waals surface area contributed by atoms with Gasteiger partial charge in [0.1, 0.15) is 6.61 Å². The van der Waals surface area contributed by atoms with Crippen molar-refractivity contribution in [3.8, 4) is 0 Å². The van der Waals surface area contributed by atoms with E-state index in [-0.39, 0.29) is 36.2 Å². The van der Waals surface area contributed by atoms with Crippen molar-refractivity contribution in [3.05, 3.63) is 36.5 Å². The normalized spacial score (nSPS) is 13.2. The SMILES string of the molecule is CCCCCCC/C=C/C=C/C=C/CCCCCCCC(=O)OCC(COCCC(C(=O)O)[N+](C)(C)C)OC(=O)CCCCCCCCCCCCCCCCCC. The molecule has 0 spiro atoms. The highest BCUT2D eigenvalue weighted by atomic mass is 16.6. The molecule has 0 aliphatic carbocycles. The number of hydrogen-bond acceptors (Lipinski definition) is 6. The summed E-state index contributed by atoms with van der Waals surface area (Å²) in [6.07, 6.45) is 47.5. The van der Waals surface area contributed by atoms with Crippen LogP contribution >= 0.6 is 0 Å². The number of allylic oxidation sites excluding steroid dienone is 6. The van der Waals surface area contributed by atoms with Crippen molar-refractivity contribution in [1.29, 1.82) is 0 Å². The highest BCUT2D eigenvalue weighted by molar-refractivity contribution is 5.72. The minimum atomic E-state index is -0.876. The Morgan fingerprint density at radius 3 is 1.33 bits per heavy atom. The summed E-state index contributed by atoms with van der Waals surface area (Å²) in [7, 11) is 5.53. The molecular weight excluding hydrogens is 727 g/mol. The molecule has 0 fully saturated rings. The lowest BCUT2D eigenvalue weighted by Crippen LogP contribution is -2.50. The molecule has 0 aliphatic heterocycles. The van der Waals surface area contributed by atoms with Gasteiger partial charge in [0.25, 0.3) is 0 Å². The molecule has 0 saturated carbocycles. The second kappa shape index (κ2) is 41.3. The van der Waals surface area contributed by atoms with Gasteiger partial charge in [-0.1, -0.05) is 192 Å². The molecular formula is C50H92NO7+. The molecule has 0 amide bonds. The number of carbonyl (C=O) groups is 3. The molecule has 0 aromatic heterocycles. The predicted octanol–water partition coefficient (Wildman–Crippen LogP) is 13.4. The molecule has 2 atom stereocenters. The zero-order valence-electron chi connectivity index (χ0n) is 38.5. The number of ether oxygens (including phenoxy) is 3. The van der Waals surface area contributed by atoms with Gasteiger partial charge in [0, 0.05) is 19.3 Å². The summed E-state index contributed by atoms with van der Waals surface area (Å²) in [6, 6.07) is -0.616. The lowest BCUT2D eigenvalue weighted by molar-refractivity contribution is -0.887. The van der Waals surface area contributed by atoms with Gasteiger partial charge in [-0.2, -0.15) is 0 Å². The Morgan fingerprint density at radius 1 is 0.517 bits per heavy atom. The van der Waals surface area contributed by atoms with Crippen LogP contribution in [0.1, 0.15) is 213 Å². The van der Waals surface area contributed by atoms with Crippen molar-refractivity contribution in [1.82, 2.24) is 0 Å². The molecule has 58 heavy (non-hydrogen) atoms. The van der Waals surface area contributed by atoms with Crippen molar-refractivity contribution >= 4 is 17.9 Å². The van der Waals surface area contributed by atoms with E-state index in [4.69, 9.17) is 14.2 Å². The van der Waals surface area contributed by atoms with Crippen molar-refractivity contribution in [3.63, 3.8) is 0 Å². The Kier molecular flexibility index (Phi) is 39.5. The topological polar surface area (TPSA) is 99.1 Å². The number of nitrogens with zero attached hydrogens (tertiary/aromatic N) is 1. The average Bonchev–Trinajstić information content (AvgIpc) is 3.18. The van der Waals surface area contributed by atoms with Crippen molar-refractivity contribution in [2.45, 2.75) is 225 Å². The van der Waals surface area contributed by atoms with Gasteiger partial charge < -0.3 is 23.8 Å². The van der Waals surface area contributed by atoms with Crippen molar-refractivity contribution < 1.29 is 38.2 Å². The fourth-order valence-electron chi connectivity index (χ4n) is 7.09. The fraction of sp³-hybridized carbons (Fsp3) is 0.820. The van der Waals surface area contributed by atoms with Gasteiger partial charge in [-0.05, 0) is 38.5 Å². The monoisotopic (exact) mass is 819 g/mol. The van der Waals surface area contributed by atoms with Crippen LogP contribution in [0.3, 0.4) is 0 Å². The summed E-state index contributed by atoms with van der Waals surface area (Å²) in [5, 5.41) is 9.63. The molecule has 0 aromatic rings. The zero-order chi connectivity index (χ0) is 42.8. The van der Waals surface area contributed by atoms with E-state index in [1.807, 2.05) is 21.1 Å². The molecule has 338 valence electrons. The van der Waals surface area contributed by atoms with Crippen LogP contribution in [0, 0.1) is 0 Å². The first-order chi connectivity index (χ1) is 28.1. The van der Waals surface area contributed by atoms with Gasteiger partial charge in [-0.25, -0.2) is 4.79 Å². The fourth-order valence-corrected chi connectivity index (χ4v) is 7.09. The lowest BCUT2D eigenvalue weighted by Gasteiger charge is -2.31. The molecule has 1 N–H and O–H groups in total. The molecule has 2 unspecified atom stereocenters. The third-order valence-electron chi connectivity index (χ3n) is 10.9. The van der Waals surface area contributed by atoms with Crippen LogP contribution in [0.2, 0.25) is 0 Å². The molecule has 0 rings (SSSR count). The summed E-state index contributed by atoms with van der Waals surface area (Å²) in [5.74, 6) is -1.48. The number of aliphatic carboxylic acids is 1. The van der Waals surface area contributed by atoms with Gasteiger partial charge in [-0.3, -0.25) is 9.59 Å². The Morgan fingerprint density at radius 2 is 0.914 bits per heavy atom. The van der Waals surface area contributed by atoms with Gasteiger partial charge in [0.15, 0.2) is 12.1 Å². The number of likely N-dealkylation sites (N-methyl/N-ethyl adjacent to an activating group) is 1. The molecule has 0 aromatic carbocycles. The number of hydrogen-bond donors (Lipinski definition) is 1. The summed E-state index contributed by atoms with van der Waals surface area (Å²) in [4.78, 5) is 37.1. The first-order valence-electron chi connectivity index (χ1n) is 24.1. The number of carboxylic acids is 1. The molecule has 0 saturated heterocycles. The highest BCUT2D eigenvalue weighted by Crippen LogP contribution is 2.15. The zero-order valence-corrected chi connectivity index (χ0v) is 38.5. The molecule has 8 heteroatoms. The number of carboxylic acid groups (broad SMARTS) is 1. The van der Waals surface area contributed by atoms with Crippen LogP contribution in [-0.4, -0.2) is 80.6 Å². The van der Waals surface area contributed by atoms with E-state index < -0.39 is 18.1 Å². The van der Waals surface area contributed by atoms with Crippen LogP contribution in [0.15, 0.2) is 36.5 Å². The summed E-state index contributed by atoms with van der Waals surface area (Å²) in [5.41, 5.74) is 0. The molecule has 0 heterocycles. The number of carbonyl (C=O) groups excluding carboxylic acids is 2. The van der Waals surface area contributed by atoms with E-state index >= 15 is 0 Å². The Labute approximate surface area is 357 Å². The first-order valence-corrected chi connectivity index (χ1v) is 24.1. The maximum absolute atomic E-state index is 12.8. The average molecular weight is 819 g/mol. The number of quaternary nitrogens is 1. The Bertz CT molecular complexity index is 1050. The standard InChI is InChI=1S/C50H91NO7/c1-6-8-10-12-14-16-18-20-22-24-25-27-28-30-32-34-36-38-40-48(52)57-45-46(44-56-43-42-47(50(54)55)51(3,4)5)58-49(53)41-39-37-35-33-31-29-26-23-21-19-17-15-13-11-9-7-2/h18,20,22,24-25,27,46-47H,6-17,19,21,23,26,28-45H2,1-5H3/p+1/b20-18+,24-22+,27-25+. The third kappa shape index (κ3) is 39.0. The minimum absolute atomic E-state index is 0.0571. The molecule has 0 aliphatic rings. The third-order valence-corrected chi connectivity index (χ3v) is 10.9. The van der Waals surface area contributed by atoms with Crippen LogP contribution < -0.4 is 0 Å². The lowest BCUT2D eigenvalue weighted by atomic mass is 10.0. The Hall–Kier alpha value is -2.45. The van der Waals surface area contributed by atoms with Crippen molar-refractivity contribution in [2.75, 3.05) is 41.0 Å². The maximum atomic E-state index is 12.8. The maximum Gasteiger partial charge on any atom is 0.362 e. The van der Waals surface area contributed by atoms with Crippen molar-refractivity contribution in [2.24, 2.45) is 0 Å². The van der Waals surface area contributed by atoms with Gasteiger partial charge in [0.2, 0.25) is 0 Å². The summed E-state index contributed by atoms with van der Waals surface area (Å²) >= 11 is 0. The molecule has 0 radical (unpaired) electrons. The van der Waals surface area contributed by atoms with Gasteiger partial charge >= 0.3 is 17.9 Å². The van der Waals surface area contributed by atoms with E-state index in [1.165, 1.54) is 116 Å². The quantitative estimate of drug-likeness (QED) is 0.0283. The largest absolute Gasteiger partial charge is 0.477 e. The first kappa shape index (κ1) is 55.5. The van der Waals surface area contributed by atoms with E-state index in [2.05, 4.69) is 50.3 Å². The number of rotatable bonds is 43. The van der Waals surface area contributed by atoms with Gasteiger partial charge in [-0.15, -0.1) is 0 Å². The predicted molar refractivity (Wildman–Crippen MR) is 243 cm³/mol. The second-order valence-electron chi connectivity index (χ2n) is 17.4. The van der Waals surface area contributed by atoms with Crippen LogP contribution in [0.4, 0.5) is 0 Å². The summed E-state index contributed by atoms with van der Waals surface area (Å²) in [6.45, 7) is 4.72. The summed E-state index contributed by atoms with van der Waals surface area (Å²) < 4.78 is 17.3. The highest BCUT2D eigenvalue weighted by Gasteiger charge is 2.31. The van der Waals surface area contributed by atoms with E-state index in [0.717, 1.165) is 64.2 Å². The smallest absolute Gasteiger partial charge is 0.362 e. The van der Waals surface area contributed by atoms with Crippen LogP contribution in [0.5, 0.6) is 0 Å². The van der Waals surface area contributed by atoms with E-state index in [1.54, 1.807) is 0 Å².